The van der Waals surface area contributed by atoms with E-state index in [1.165, 1.54) is 0 Å². The molecule has 2 rings (SSSR count). The predicted octanol–water partition coefficient (Wildman–Crippen LogP) is 3.14. The zero-order valence-corrected chi connectivity index (χ0v) is 12.1. The second-order valence-corrected chi connectivity index (χ2v) is 5.68. The lowest BCUT2D eigenvalue weighted by Crippen LogP contribution is -2.20. The molecule has 1 atom stereocenters. The van der Waals surface area contributed by atoms with Crippen LogP contribution in [0, 0.1) is 0 Å². The average Bonchev–Trinajstić information content (AvgIpc) is 2.86. The fraction of sp³-hybridized carbons (Fsp3) is 0.400. The van der Waals surface area contributed by atoms with E-state index in [0.717, 1.165) is 16.3 Å². The summed E-state index contributed by atoms with van der Waals surface area (Å²) in [7, 11) is 0. The fourth-order valence-corrected chi connectivity index (χ4v) is 2.59. The number of aliphatic hydroxyl groups is 1. The van der Waals surface area contributed by atoms with Crippen molar-refractivity contribution in [2.45, 2.75) is 32.5 Å². The first-order valence-electron chi connectivity index (χ1n) is 6.44. The summed E-state index contributed by atoms with van der Waals surface area (Å²) in [6.45, 7) is 4.28. The minimum atomic E-state index is -0.489. The highest BCUT2D eigenvalue weighted by Gasteiger charge is 2.11. The van der Waals surface area contributed by atoms with Crippen LogP contribution in [0.3, 0.4) is 0 Å². The van der Waals surface area contributed by atoms with E-state index < -0.39 is 6.10 Å². The summed E-state index contributed by atoms with van der Waals surface area (Å²) in [6, 6.07) is 10.1. The van der Waals surface area contributed by atoms with Crippen LogP contribution in [0.2, 0.25) is 0 Å². The van der Waals surface area contributed by atoms with E-state index in [1.807, 2.05) is 49.6 Å². The SMILES string of the molecule is CC(C)OCC(O)Cc1nc(-c2ccccc2)cs1. The van der Waals surface area contributed by atoms with Gasteiger partial charge in [-0.1, -0.05) is 30.3 Å². The van der Waals surface area contributed by atoms with Crippen molar-refractivity contribution in [3.05, 3.63) is 40.7 Å². The minimum Gasteiger partial charge on any atom is -0.390 e. The molecular weight excluding hydrogens is 258 g/mol. The number of ether oxygens (including phenoxy) is 1. The zero-order valence-electron chi connectivity index (χ0n) is 11.2. The summed E-state index contributed by atoms with van der Waals surface area (Å²) in [4.78, 5) is 4.55. The molecule has 0 saturated heterocycles. The molecule has 0 saturated carbocycles. The largest absolute Gasteiger partial charge is 0.390 e. The lowest BCUT2D eigenvalue weighted by molar-refractivity contribution is 0.00620. The Bertz CT molecular complexity index is 496. The number of hydrogen-bond donors (Lipinski definition) is 1. The van der Waals surface area contributed by atoms with E-state index in [1.54, 1.807) is 11.3 Å². The lowest BCUT2D eigenvalue weighted by atomic mass is 10.2. The van der Waals surface area contributed by atoms with Gasteiger partial charge in [0.1, 0.15) is 0 Å². The number of aliphatic hydroxyl groups excluding tert-OH is 1. The van der Waals surface area contributed by atoms with Crippen LogP contribution in [0.15, 0.2) is 35.7 Å². The smallest absolute Gasteiger partial charge is 0.0959 e. The molecule has 0 radical (unpaired) electrons. The molecule has 1 heterocycles. The highest BCUT2D eigenvalue weighted by molar-refractivity contribution is 7.09. The Hall–Kier alpha value is -1.23. The number of thiazole rings is 1. The molecule has 1 unspecified atom stereocenters. The molecule has 0 amide bonds. The highest BCUT2D eigenvalue weighted by Crippen LogP contribution is 2.22. The standard InChI is InChI=1S/C15H19NO2S/c1-11(2)18-9-13(17)8-15-16-14(10-19-15)12-6-4-3-5-7-12/h3-7,10-11,13,17H,8-9H2,1-2H3. The van der Waals surface area contributed by atoms with Gasteiger partial charge in [0, 0.05) is 17.4 Å². The van der Waals surface area contributed by atoms with Gasteiger partial charge in [0.2, 0.25) is 0 Å². The third-order valence-electron chi connectivity index (χ3n) is 2.65. The van der Waals surface area contributed by atoms with Crippen LogP contribution in [0.5, 0.6) is 0 Å². The van der Waals surface area contributed by atoms with Crippen molar-refractivity contribution in [2.75, 3.05) is 6.61 Å². The molecule has 4 heteroatoms. The lowest BCUT2D eigenvalue weighted by Gasteiger charge is -2.11. The number of aromatic nitrogens is 1. The second kappa shape index (κ2) is 6.80. The average molecular weight is 277 g/mol. The summed E-state index contributed by atoms with van der Waals surface area (Å²) >= 11 is 1.58. The summed E-state index contributed by atoms with van der Waals surface area (Å²) in [6.07, 6.45) is 0.201. The van der Waals surface area contributed by atoms with Gasteiger partial charge in [0.05, 0.1) is 29.5 Å². The summed E-state index contributed by atoms with van der Waals surface area (Å²) in [5.41, 5.74) is 2.08. The Morgan fingerprint density at radius 2 is 2.00 bits per heavy atom. The van der Waals surface area contributed by atoms with Crippen LogP contribution in [-0.2, 0) is 11.2 Å². The molecule has 19 heavy (non-hydrogen) atoms. The van der Waals surface area contributed by atoms with E-state index in [4.69, 9.17) is 4.74 Å². The molecule has 102 valence electrons. The third kappa shape index (κ3) is 4.42. The topological polar surface area (TPSA) is 42.4 Å². The van der Waals surface area contributed by atoms with E-state index in [2.05, 4.69) is 4.98 Å². The van der Waals surface area contributed by atoms with Gasteiger partial charge in [-0.25, -0.2) is 4.98 Å². The molecule has 0 fully saturated rings. The van der Waals surface area contributed by atoms with Crippen LogP contribution in [0.1, 0.15) is 18.9 Å². The Balaban J connectivity index is 1.94. The van der Waals surface area contributed by atoms with Crippen LogP contribution in [0.4, 0.5) is 0 Å². The maximum absolute atomic E-state index is 9.87. The molecule has 3 nitrogen and oxygen atoms in total. The molecule has 0 aliphatic heterocycles. The summed E-state index contributed by atoms with van der Waals surface area (Å²) < 4.78 is 5.39. The van der Waals surface area contributed by atoms with E-state index >= 15 is 0 Å². The van der Waals surface area contributed by atoms with Gasteiger partial charge in [0.25, 0.3) is 0 Å². The van der Waals surface area contributed by atoms with Crippen molar-refractivity contribution in [3.8, 4) is 11.3 Å². The molecule has 1 aromatic heterocycles. The highest BCUT2D eigenvalue weighted by atomic mass is 32.1. The van der Waals surface area contributed by atoms with Crippen molar-refractivity contribution in [1.29, 1.82) is 0 Å². The van der Waals surface area contributed by atoms with E-state index in [0.29, 0.717) is 13.0 Å². The monoisotopic (exact) mass is 277 g/mol. The first-order valence-corrected chi connectivity index (χ1v) is 7.32. The summed E-state index contributed by atoms with van der Waals surface area (Å²) in [5.74, 6) is 0. The van der Waals surface area contributed by atoms with Gasteiger partial charge in [-0.15, -0.1) is 11.3 Å². The van der Waals surface area contributed by atoms with Crippen molar-refractivity contribution < 1.29 is 9.84 Å². The van der Waals surface area contributed by atoms with Gasteiger partial charge in [0.15, 0.2) is 0 Å². The van der Waals surface area contributed by atoms with Gasteiger partial charge in [-0.2, -0.15) is 0 Å². The minimum absolute atomic E-state index is 0.144. The molecular formula is C15H19NO2S. The van der Waals surface area contributed by atoms with Gasteiger partial charge in [-0.05, 0) is 13.8 Å². The van der Waals surface area contributed by atoms with Crippen LogP contribution < -0.4 is 0 Å². The van der Waals surface area contributed by atoms with Crippen molar-refractivity contribution >= 4 is 11.3 Å². The van der Waals surface area contributed by atoms with E-state index in [-0.39, 0.29) is 6.10 Å². The normalized spacial score (nSPS) is 12.8. The van der Waals surface area contributed by atoms with Crippen molar-refractivity contribution in [3.63, 3.8) is 0 Å². The van der Waals surface area contributed by atoms with Gasteiger partial charge < -0.3 is 9.84 Å². The molecule has 0 aliphatic carbocycles. The quantitative estimate of drug-likeness (QED) is 0.882. The van der Waals surface area contributed by atoms with Crippen LogP contribution >= 0.6 is 11.3 Å². The van der Waals surface area contributed by atoms with Crippen molar-refractivity contribution in [1.82, 2.24) is 4.98 Å². The van der Waals surface area contributed by atoms with Gasteiger partial charge in [-0.3, -0.25) is 0 Å². The molecule has 0 spiro atoms. The fourth-order valence-electron chi connectivity index (χ4n) is 1.71. The molecule has 2 aromatic rings. The second-order valence-electron chi connectivity index (χ2n) is 4.73. The zero-order chi connectivity index (χ0) is 13.7. The molecule has 0 bridgehead atoms. The maximum Gasteiger partial charge on any atom is 0.0959 e. The van der Waals surface area contributed by atoms with Crippen molar-refractivity contribution in [2.24, 2.45) is 0 Å². The van der Waals surface area contributed by atoms with E-state index in [9.17, 15) is 5.11 Å². The first kappa shape index (κ1) is 14.2. The maximum atomic E-state index is 9.87. The third-order valence-corrected chi connectivity index (χ3v) is 3.52. The van der Waals surface area contributed by atoms with Crippen LogP contribution in [0.25, 0.3) is 11.3 Å². The van der Waals surface area contributed by atoms with Gasteiger partial charge >= 0.3 is 0 Å². The number of rotatable bonds is 6. The molecule has 1 N–H and O–H groups in total. The Morgan fingerprint density at radius 1 is 1.26 bits per heavy atom. The number of hydrogen-bond acceptors (Lipinski definition) is 4. The number of benzene rings is 1. The Kier molecular flexibility index (Phi) is 5.07. The Morgan fingerprint density at radius 3 is 2.68 bits per heavy atom. The first-order chi connectivity index (χ1) is 9.15. The number of nitrogens with zero attached hydrogens (tertiary/aromatic N) is 1. The molecule has 0 aliphatic rings. The molecule has 1 aromatic carbocycles. The Labute approximate surface area is 117 Å². The predicted molar refractivity (Wildman–Crippen MR) is 78.3 cm³/mol. The summed E-state index contributed by atoms with van der Waals surface area (Å²) in [5, 5.41) is 12.8. The van der Waals surface area contributed by atoms with Crippen LogP contribution in [-0.4, -0.2) is 28.9 Å².